The van der Waals surface area contributed by atoms with Gasteiger partial charge < -0.3 is 14.6 Å². The second-order valence-electron chi connectivity index (χ2n) is 4.23. The van der Waals surface area contributed by atoms with Crippen molar-refractivity contribution < 1.29 is 23.8 Å². The van der Waals surface area contributed by atoms with Crippen molar-refractivity contribution in [2.45, 2.75) is 25.9 Å². The van der Waals surface area contributed by atoms with E-state index < -0.39 is 12.1 Å². The van der Waals surface area contributed by atoms with Crippen LogP contribution in [-0.4, -0.2) is 24.3 Å². The van der Waals surface area contributed by atoms with Crippen LogP contribution in [0.15, 0.2) is 12.1 Å². The summed E-state index contributed by atoms with van der Waals surface area (Å²) < 4.78 is 24.5. The Kier molecular flexibility index (Phi) is 3.69. The third-order valence-electron chi connectivity index (χ3n) is 2.78. The van der Waals surface area contributed by atoms with Gasteiger partial charge in [0.05, 0.1) is 19.6 Å². The van der Waals surface area contributed by atoms with Crippen molar-refractivity contribution >= 4 is 5.97 Å². The number of halogens is 1. The molecule has 1 unspecified atom stereocenters. The lowest BCUT2D eigenvalue weighted by molar-refractivity contribution is -0.136. The number of hydrogen-bond acceptors (Lipinski definition) is 3. The number of carboxylic acid groups (broad SMARTS) is 1. The molecule has 18 heavy (non-hydrogen) atoms. The Hall–Kier alpha value is -1.78. The average Bonchev–Trinajstić information content (AvgIpc) is 2.51. The third kappa shape index (κ3) is 2.72. The first-order valence-corrected chi connectivity index (χ1v) is 5.86. The van der Waals surface area contributed by atoms with E-state index in [4.69, 9.17) is 14.6 Å². The molecular weight excluding hydrogens is 239 g/mol. The molecule has 5 heteroatoms. The summed E-state index contributed by atoms with van der Waals surface area (Å²) >= 11 is 0. The van der Waals surface area contributed by atoms with Gasteiger partial charge in [0.1, 0.15) is 6.17 Å². The number of fused-ring (bicyclic) bond motifs is 1. The lowest BCUT2D eigenvalue weighted by Gasteiger charge is -2.14. The van der Waals surface area contributed by atoms with E-state index in [1.807, 2.05) is 0 Å². The number of rotatable bonds is 3. The Morgan fingerprint density at radius 3 is 2.56 bits per heavy atom. The maximum atomic E-state index is 13.5. The zero-order valence-electron chi connectivity index (χ0n) is 10.1. The molecule has 0 bridgehead atoms. The van der Waals surface area contributed by atoms with Crippen molar-refractivity contribution in [3.05, 3.63) is 23.3 Å². The van der Waals surface area contributed by atoms with Crippen LogP contribution < -0.4 is 9.47 Å². The van der Waals surface area contributed by atoms with Gasteiger partial charge in [-0.25, -0.2) is 4.39 Å². The summed E-state index contributed by atoms with van der Waals surface area (Å²) in [6.07, 6.45) is -0.708. The van der Waals surface area contributed by atoms with Crippen LogP contribution in [0, 0.1) is 0 Å². The van der Waals surface area contributed by atoms with Gasteiger partial charge in [0.2, 0.25) is 0 Å². The Bertz CT molecular complexity index is 457. The highest BCUT2D eigenvalue weighted by Crippen LogP contribution is 2.36. The molecular formula is C13H15FO4. The minimum atomic E-state index is -1.24. The van der Waals surface area contributed by atoms with Crippen molar-refractivity contribution in [3.8, 4) is 11.5 Å². The van der Waals surface area contributed by atoms with Gasteiger partial charge in [-0.3, -0.25) is 4.79 Å². The summed E-state index contributed by atoms with van der Waals surface area (Å²) in [5.74, 6) is -0.0133. The second kappa shape index (κ2) is 5.25. The fourth-order valence-electron chi connectivity index (χ4n) is 1.95. The second-order valence-corrected chi connectivity index (χ2v) is 4.23. The molecule has 0 radical (unpaired) electrons. The van der Waals surface area contributed by atoms with Crippen LogP contribution in [0.3, 0.4) is 0 Å². The number of carbonyl (C=O) groups is 1. The van der Waals surface area contributed by atoms with Gasteiger partial charge in [-0.15, -0.1) is 0 Å². The van der Waals surface area contributed by atoms with E-state index in [0.717, 1.165) is 6.42 Å². The van der Waals surface area contributed by atoms with Crippen LogP contribution >= 0.6 is 0 Å². The summed E-state index contributed by atoms with van der Waals surface area (Å²) in [6, 6.07) is 3.11. The van der Waals surface area contributed by atoms with Gasteiger partial charge in [-0.05, 0) is 30.2 Å². The number of hydrogen-bond donors (Lipinski definition) is 1. The van der Waals surface area contributed by atoms with Crippen LogP contribution in [0.25, 0.3) is 0 Å². The van der Waals surface area contributed by atoms with Crippen LogP contribution in [0.4, 0.5) is 4.39 Å². The molecule has 1 aromatic rings. The maximum Gasteiger partial charge on any atom is 0.307 e. The first-order chi connectivity index (χ1) is 8.58. The highest BCUT2D eigenvalue weighted by molar-refractivity contribution is 5.71. The van der Waals surface area contributed by atoms with E-state index in [1.54, 1.807) is 12.1 Å². The first-order valence-electron chi connectivity index (χ1n) is 5.86. The predicted octanol–water partition coefficient (Wildman–Crippen LogP) is 2.51. The van der Waals surface area contributed by atoms with Gasteiger partial charge in [0.15, 0.2) is 11.5 Å². The molecule has 0 saturated carbocycles. The molecule has 4 nitrogen and oxygen atoms in total. The van der Waals surface area contributed by atoms with E-state index in [-0.39, 0.29) is 6.42 Å². The van der Waals surface area contributed by atoms with Gasteiger partial charge in [0.25, 0.3) is 0 Å². The first kappa shape index (κ1) is 12.7. The van der Waals surface area contributed by atoms with Gasteiger partial charge >= 0.3 is 5.97 Å². The molecule has 1 aliphatic rings. The zero-order chi connectivity index (χ0) is 13.1. The summed E-state index contributed by atoms with van der Waals surface area (Å²) in [6.45, 7) is 2.42. The van der Waals surface area contributed by atoms with Gasteiger partial charge in [-0.2, -0.15) is 0 Å². The Morgan fingerprint density at radius 2 is 2.00 bits per heavy atom. The molecule has 1 N–H and O–H groups in total. The van der Waals surface area contributed by atoms with Crippen LogP contribution in [0.2, 0.25) is 0 Å². The standard InChI is InChI=1S/C13H15FO4/c1-8(14)10-7-12-11(17-3-2-4-18-12)5-9(10)6-13(15)16/h5,7-8H,2-4,6H2,1H3,(H,15,16). The molecule has 1 heterocycles. The number of aliphatic carboxylic acids is 1. The van der Waals surface area contributed by atoms with Crippen LogP contribution in [0.5, 0.6) is 11.5 Å². The summed E-state index contributed by atoms with van der Waals surface area (Å²) in [5.41, 5.74) is 0.781. The highest BCUT2D eigenvalue weighted by atomic mass is 19.1. The SMILES string of the molecule is CC(F)c1cc2c(cc1CC(=O)O)OCCCO2. The molecule has 1 aromatic carbocycles. The van der Waals surface area contributed by atoms with Crippen molar-refractivity contribution in [2.24, 2.45) is 0 Å². The smallest absolute Gasteiger partial charge is 0.307 e. The number of alkyl halides is 1. The molecule has 1 aliphatic heterocycles. The monoisotopic (exact) mass is 254 g/mol. The van der Waals surface area contributed by atoms with Crippen molar-refractivity contribution in [1.82, 2.24) is 0 Å². The molecule has 0 spiro atoms. The molecule has 0 aromatic heterocycles. The molecule has 0 aliphatic carbocycles. The quantitative estimate of drug-likeness (QED) is 0.900. The van der Waals surface area contributed by atoms with Crippen molar-refractivity contribution in [3.63, 3.8) is 0 Å². The average molecular weight is 254 g/mol. The van der Waals surface area contributed by atoms with E-state index in [2.05, 4.69) is 0 Å². The predicted molar refractivity (Wildman–Crippen MR) is 62.9 cm³/mol. The zero-order valence-corrected chi connectivity index (χ0v) is 10.1. The molecule has 2 rings (SSSR count). The molecule has 98 valence electrons. The Labute approximate surface area is 104 Å². The number of carboxylic acids is 1. The topological polar surface area (TPSA) is 55.8 Å². The summed E-state index contributed by atoms with van der Waals surface area (Å²) in [7, 11) is 0. The summed E-state index contributed by atoms with van der Waals surface area (Å²) in [4.78, 5) is 10.8. The fourth-order valence-corrected chi connectivity index (χ4v) is 1.95. The lowest BCUT2D eigenvalue weighted by Crippen LogP contribution is -2.06. The number of ether oxygens (including phenoxy) is 2. The normalized spacial score (nSPS) is 15.9. The van der Waals surface area contributed by atoms with E-state index in [1.165, 1.54) is 6.92 Å². The van der Waals surface area contributed by atoms with E-state index in [9.17, 15) is 9.18 Å². The Morgan fingerprint density at radius 1 is 1.39 bits per heavy atom. The van der Waals surface area contributed by atoms with Crippen molar-refractivity contribution in [2.75, 3.05) is 13.2 Å². The number of benzene rings is 1. The van der Waals surface area contributed by atoms with Crippen LogP contribution in [0.1, 0.15) is 30.6 Å². The maximum absolute atomic E-state index is 13.5. The molecule has 1 atom stereocenters. The van der Waals surface area contributed by atoms with Crippen LogP contribution in [-0.2, 0) is 11.2 Å². The van der Waals surface area contributed by atoms with E-state index >= 15 is 0 Å². The van der Waals surface area contributed by atoms with Gasteiger partial charge in [0, 0.05) is 6.42 Å². The third-order valence-corrected chi connectivity index (χ3v) is 2.78. The molecule has 0 saturated heterocycles. The highest BCUT2D eigenvalue weighted by Gasteiger charge is 2.19. The minimum absolute atomic E-state index is 0.222. The Balaban J connectivity index is 2.43. The molecule has 0 amide bonds. The fraction of sp³-hybridized carbons (Fsp3) is 0.462. The van der Waals surface area contributed by atoms with Crippen molar-refractivity contribution in [1.29, 1.82) is 0 Å². The lowest BCUT2D eigenvalue weighted by atomic mass is 10.0. The summed E-state index contributed by atoms with van der Waals surface area (Å²) in [5, 5.41) is 8.84. The van der Waals surface area contributed by atoms with Gasteiger partial charge in [-0.1, -0.05) is 0 Å². The minimum Gasteiger partial charge on any atom is -0.490 e. The largest absolute Gasteiger partial charge is 0.490 e. The van der Waals surface area contributed by atoms with E-state index in [0.29, 0.717) is 35.8 Å². The molecule has 0 fully saturated rings.